The molecule has 0 fully saturated rings. The molecule has 0 saturated heterocycles. The van der Waals surface area contributed by atoms with E-state index in [0.29, 0.717) is 32.9 Å². The standard InChI is InChI=1S/C12H7Cl2N3O/c13-7-4-10-12(16-5-7)18-11(17-10)6-1-2-9(15)8(14)3-6/h1-5H,15H2. The summed E-state index contributed by atoms with van der Waals surface area (Å²) in [6, 6.07) is 6.87. The maximum absolute atomic E-state index is 5.96. The van der Waals surface area contributed by atoms with E-state index in [1.54, 1.807) is 24.3 Å². The van der Waals surface area contributed by atoms with Crippen LogP contribution in [0.5, 0.6) is 0 Å². The van der Waals surface area contributed by atoms with Gasteiger partial charge < -0.3 is 10.2 Å². The lowest BCUT2D eigenvalue weighted by atomic mass is 10.2. The zero-order chi connectivity index (χ0) is 12.7. The topological polar surface area (TPSA) is 64.9 Å². The summed E-state index contributed by atoms with van der Waals surface area (Å²) in [5.41, 5.74) is 7.93. The smallest absolute Gasteiger partial charge is 0.247 e. The number of nitrogens with two attached hydrogens (primary N) is 1. The molecule has 0 amide bonds. The van der Waals surface area contributed by atoms with E-state index in [-0.39, 0.29) is 0 Å². The van der Waals surface area contributed by atoms with Gasteiger partial charge in [0.1, 0.15) is 5.52 Å². The number of rotatable bonds is 1. The van der Waals surface area contributed by atoms with Gasteiger partial charge in [-0.2, -0.15) is 0 Å². The molecule has 0 aliphatic heterocycles. The summed E-state index contributed by atoms with van der Waals surface area (Å²) < 4.78 is 5.52. The second-order valence-electron chi connectivity index (χ2n) is 3.73. The minimum Gasteiger partial charge on any atom is -0.418 e. The van der Waals surface area contributed by atoms with Crippen molar-refractivity contribution in [2.24, 2.45) is 0 Å². The number of oxazole rings is 1. The molecule has 1 aromatic carbocycles. The third-order valence-corrected chi connectivity index (χ3v) is 3.00. The number of hydrogen-bond donors (Lipinski definition) is 1. The highest BCUT2D eigenvalue weighted by molar-refractivity contribution is 6.33. The molecule has 90 valence electrons. The third-order valence-electron chi connectivity index (χ3n) is 2.46. The van der Waals surface area contributed by atoms with Gasteiger partial charge in [0.25, 0.3) is 0 Å². The van der Waals surface area contributed by atoms with Crippen molar-refractivity contribution in [3.63, 3.8) is 0 Å². The number of hydrogen-bond acceptors (Lipinski definition) is 4. The number of fused-ring (bicyclic) bond motifs is 1. The van der Waals surface area contributed by atoms with E-state index in [4.69, 9.17) is 33.4 Å². The molecule has 2 aromatic heterocycles. The number of nitrogens with zero attached hydrogens (tertiary/aromatic N) is 2. The predicted octanol–water partition coefficient (Wildman–Crippen LogP) is 3.78. The number of benzene rings is 1. The number of anilines is 1. The second-order valence-corrected chi connectivity index (χ2v) is 4.58. The second kappa shape index (κ2) is 4.15. The Morgan fingerprint density at radius 2 is 2.00 bits per heavy atom. The summed E-state index contributed by atoms with van der Waals surface area (Å²) in [7, 11) is 0. The maximum atomic E-state index is 5.96. The van der Waals surface area contributed by atoms with Gasteiger partial charge >= 0.3 is 0 Å². The zero-order valence-corrected chi connectivity index (χ0v) is 10.5. The average Bonchev–Trinajstić information content (AvgIpc) is 2.75. The van der Waals surface area contributed by atoms with Gasteiger partial charge in [0.2, 0.25) is 11.6 Å². The molecule has 3 aromatic rings. The molecule has 2 N–H and O–H groups in total. The van der Waals surface area contributed by atoms with Crippen LogP contribution < -0.4 is 5.73 Å². The van der Waals surface area contributed by atoms with E-state index < -0.39 is 0 Å². The van der Waals surface area contributed by atoms with Gasteiger partial charge in [0, 0.05) is 11.8 Å². The van der Waals surface area contributed by atoms with Crippen LogP contribution in [0.2, 0.25) is 10.0 Å². The van der Waals surface area contributed by atoms with E-state index in [2.05, 4.69) is 9.97 Å². The summed E-state index contributed by atoms with van der Waals surface area (Å²) in [5.74, 6) is 0.432. The van der Waals surface area contributed by atoms with Crippen molar-refractivity contribution in [2.45, 2.75) is 0 Å². The largest absolute Gasteiger partial charge is 0.418 e. The van der Waals surface area contributed by atoms with Gasteiger partial charge in [-0.05, 0) is 24.3 Å². The molecule has 0 atom stereocenters. The van der Waals surface area contributed by atoms with Gasteiger partial charge in [0.05, 0.1) is 15.7 Å². The van der Waals surface area contributed by atoms with E-state index in [1.807, 2.05) is 0 Å². The minimum absolute atomic E-state index is 0.432. The molecule has 4 nitrogen and oxygen atoms in total. The van der Waals surface area contributed by atoms with Crippen LogP contribution in [0.1, 0.15) is 0 Å². The summed E-state index contributed by atoms with van der Waals surface area (Å²) in [4.78, 5) is 8.35. The van der Waals surface area contributed by atoms with Crippen LogP contribution in [-0.2, 0) is 0 Å². The quantitative estimate of drug-likeness (QED) is 0.689. The molecule has 18 heavy (non-hydrogen) atoms. The molecule has 0 radical (unpaired) electrons. The molecule has 6 heteroatoms. The van der Waals surface area contributed by atoms with Crippen LogP contribution in [0, 0.1) is 0 Å². The molecule has 2 heterocycles. The Morgan fingerprint density at radius 1 is 1.17 bits per heavy atom. The fraction of sp³-hybridized carbons (Fsp3) is 0. The molecular formula is C12H7Cl2N3O. The summed E-state index contributed by atoms with van der Waals surface area (Å²) in [5, 5.41) is 0.971. The molecule has 0 unspecified atom stereocenters. The zero-order valence-electron chi connectivity index (χ0n) is 9.02. The highest BCUT2D eigenvalue weighted by Crippen LogP contribution is 2.28. The Hall–Kier alpha value is -1.78. The van der Waals surface area contributed by atoms with Crippen LogP contribution in [0.4, 0.5) is 5.69 Å². The fourth-order valence-corrected chi connectivity index (χ4v) is 1.91. The van der Waals surface area contributed by atoms with Crippen molar-refractivity contribution in [1.82, 2.24) is 9.97 Å². The van der Waals surface area contributed by atoms with E-state index in [1.165, 1.54) is 6.20 Å². The Balaban J connectivity index is 2.16. The van der Waals surface area contributed by atoms with Crippen LogP contribution in [0.15, 0.2) is 34.9 Å². The Labute approximate surface area is 112 Å². The molecule has 0 spiro atoms. The monoisotopic (exact) mass is 279 g/mol. The van der Waals surface area contributed by atoms with Crippen molar-refractivity contribution in [2.75, 3.05) is 5.73 Å². The third kappa shape index (κ3) is 1.89. The van der Waals surface area contributed by atoms with Gasteiger partial charge in [-0.3, -0.25) is 0 Å². The number of aromatic nitrogens is 2. The summed E-state index contributed by atoms with van der Waals surface area (Å²) in [6.45, 7) is 0. The highest BCUT2D eigenvalue weighted by atomic mass is 35.5. The van der Waals surface area contributed by atoms with Crippen LogP contribution in [-0.4, -0.2) is 9.97 Å². The fourth-order valence-electron chi connectivity index (χ4n) is 1.58. The van der Waals surface area contributed by atoms with E-state index in [0.717, 1.165) is 5.56 Å². The van der Waals surface area contributed by atoms with E-state index in [9.17, 15) is 0 Å². The number of pyridine rings is 1. The molecular weight excluding hydrogens is 273 g/mol. The maximum Gasteiger partial charge on any atom is 0.247 e. The van der Waals surface area contributed by atoms with Gasteiger partial charge in [0.15, 0.2) is 0 Å². The van der Waals surface area contributed by atoms with Crippen LogP contribution in [0.25, 0.3) is 22.7 Å². The van der Waals surface area contributed by atoms with Gasteiger partial charge in [-0.1, -0.05) is 23.2 Å². The van der Waals surface area contributed by atoms with Gasteiger partial charge in [-0.25, -0.2) is 9.97 Å². The van der Waals surface area contributed by atoms with Crippen molar-refractivity contribution in [3.8, 4) is 11.5 Å². The Bertz CT molecular complexity index is 739. The van der Waals surface area contributed by atoms with Crippen LogP contribution in [0.3, 0.4) is 0 Å². The first-order valence-corrected chi connectivity index (χ1v) is 5.86. The molecule has 0 aliphatic rings. The first-order chi connectivity index (χ1) is 8.63. The van der Waals surface area contributed by atoms with E-state index >= 15 is 0 Å². The Morgan fingerprint density at radius 3 is 2.78 bits per heavy atom. The summed E-state index contributed by atoms with van der Waals surface area (Å²) >= 11 is 11.8. The average molecular weight is 280 g/mol. The van der Waals surface area contributed by atoms with Crippen molar-refractivity contribution < 1.29 is 4.42 Å². The minimum atomic E-state index is 0.432. The highest BCUT2D eigenvalue weighted by Gasteiger charge is 2.10. The Kier molecular flexibility index (Phi) is 2.61. The lowest BCUT2D eigenvalue weighted by Gasteiger charge is -1.99. The first-order valence-electron chi connectivity index (χ1n) is 5.11. The molecule has 0 saturated carbocycles. The summed E-state index contributed by atoms with van der Waals surface area (Å²) in [6.07, 6.45) is 1.51. The van der Waals surface area contributed by atoms with Crippen LogP contribution >= 0.6 is 23.2 Å². The normalized spacial score (nSPS) is 11.0. The lowest BCUT2D eigenvalue weighted by molar-refractivity contribution is 0.608. The SMILES string of the molecule is Nc1ccc(-c2nc3cc(Cl)cnc3o2)cc1Cl. The number of halogens is 2. The predicted molar refractivity (Wildman–Crippen MR) is 71.7 cm³/mol. The molecule has 3 rings (SSSR count). The molecule has 0 aliphatic carbocycles. The van der Waals surface area contributed by atoms with Crippen molar-refractivity contribution in [3.05, 3.63) is 40.5 Å². The van der Waals surface area contributed by atoms with Crippen molar-refractivity contribution >= 4 is 40.1 Å². The number of nitrogen functional groups attached to an aromatic ring is 1. The lowest BCUT2D eigenvalue weighted by Crippen LogP contribution is -1.86. The van der Waals surface area contributed by atoms with Crippen molar-refractivity contribution in [1.29, 1.82) is 0 Å². The van der Waals surface area contributed by atoms with Gasteiger partial charge in [-0.15, -0.1) is 0 Å². The molecule has 0 bridgehead atoms. The first kappa shape index (κ1) is 11.3.